The van der Waals surface area contributed by atoms with E-state index in [1.807, 2.05) is 31.2 Å². The number of hydrogen-bond donors (Lipinski definition) is 2. The number of halogens is 1. The fourth-order valence-electron chi connectivity index (χ4n) is 2.97. The summed E-state index contributed by atoms with van der Waals surface area (Å²) in [5.74, 6) is 0. The Balaban J connectivity index is 1.97. The van der Waals surface area contributed by atoms with Crippen LogP contribution in [0.2, 0.25) is 5.02 Å². The zero-order valence-corrected chi connectivity index (χ0v) is 12.2. The molecule has 0 radical (unpaired) electrons. The molecule has 2 N–H and O–H groups in total. The van der Waals surface area contributed by atoms with Crippen LogP contribution in [0.4, 0.5) is 0 Å². The Kier molecular flexibility index (Phi) is 3.79. The van der Waals surface area contributed by atoms with Gasteiger partial charge < -0.3 is 10.4 Å². The molecule has 2 aromatic carbocycles. The third-order valence-corrected chi connectivity index (χ3v) is 4.25. The Hall–Kier alpha value is -1.35. The number of nitrogens with one attached hydrogen (secondary N) is 1. The number of aliphatic hydroxyl groups excluding tert-OH is 1. The molecule has 2 aromatic rings. The predicted molar refractivity (Wildman–Crippen MR) is 82.0 cm³/mol. The summed E-state index contributed by atoms with van der Waals surface area (Å²) in [5.41, 5.74) is 4.47. The number of hydrogen-bond acceptors (Lipinski definition) is 2. The lowest BCUT2D eigenvalue weighted by Crippen LogP contribution is -2.34. The van der Waals surface area contributed by atoms with E-state index >= 15 is 0 Å². The predicted octanol–water partition coefficient (Wildman–Crippen LogP) is 3.57. The quantitative estimate of drug-likeness (QED) is 0.885. The zero-order chi connectivity index (χ0) is 14.1. The molecule has 20 heavy (non-hydrogen) atoms. The maximum absolute atomic E-state index is 10.8. The van der Waals surface area contributed by atoms with Gasteiger partial charge in [0, 0.05) is 5.02 Å². The van der Waals surface area contributed by atoms with Crippen LogP contribution in [0.5, 0.6) is 0 Å². The maximum Gasteiger partial charge on any atom is 0.0987 e. The highest BCUT2D eigenvalue weighted by Gasteiger charge is 2.27. The van der Waals surface area contributed by atoms with Crippen LogP contribution in [-0.4, -0.2) is 11.7 Å². The zero-order valence-electron chi connectivity index (χ0n) is 11.4. The summed E-state index contributed by atoms with van der Waals surface area (Å²) < 4.78 is 0. The van der Waals surface area contributed by atoms with Crippen molar-refractivity contribution >= 4 is 11.6 Å². The average Bonchev–Trinajstić information content (AvgIpc) is 2.46. The summed E-state index contributed by atoms with van der Waals surface area (Å²) in [6, 6.07) is 13.9. The van der Waals surface area contributed by atoms with E-state index in [4.69, 9.17) is 11.6 Å². The minimum absolute atomic E-state index is 0.0557. The summed E-state index contributed by atoms with van der Waals surface area (Å²) in [7, 11) is 0. The number of benzene rings is 2. The van der Waals surface area contributed by atoms with Crippen molar-refractivity contribution in [3.05, 3.63) is 69.7 Å². The van der Waals surface area contributed by atoms with Gasteiger partial charge in [-0.05, 0) is 54.3 Å². The van der Waals surface area contributed by atoms with Gasteiger partial charge in [0.2, 0.25) is 0 Å². The number of aryl methyl sites for hydroxylation is 1. The first-order chi connectivity index (χ1) is 9.66. The highest BCUT2D eigenvalue weighted by molar-refractivity contribution is 6.30. The molecule has 0 aliphatic carbocycles. The molecule has 0 spiro atoms. The molecular formula is C17H18ClNO. The molecule has 1 heterocycles. The van der Waals surface area contributed by atoms with Crippen LogP contribution >= 0.6 is 11.6 Å². The van der Waals surface area contributed by atoms with Gasteiger partial charge in [-0.1, -0.05) is 41.9 Å². The van der Waals surface area contributed by atoms with Crippen LogP contribution in [0, 0.1) is 6.92 Å². The van der Waals surface area contributed by atoms with Crippen LogP contribution in [0.15, 0.2) is 42.5 Å². The second kappa shape index (κ2) is 5.57. The molecular weight excluding hydrogens is 270 g/mol. The Morgan fingerprint density at radius 3 is 2.85 bits per heavy atom. The Labute approximate surface area is 124 Å². The van der Waals surface area contributed by atoms with E-state index in [0.29, 0.717) is 5.02 Å². The first-order valence-corrected chi connectivity index (χ1v) is 7.30. The second-order valence-corrected chi connectivity index (χ2v) is 5.76. The highest BCUT2D eigenvalue weighted by Crippen LogP contribution is 2.35. The Morgan fingerprint density at radius 1 is 1.25 bits per heavy atom. The lowest BCUT2D eigenvalue weighted by molar-refractivity contribution is 0.125. The summed E-state index contributed by atoms with van der Waals surface area (Å²) >= 11 is 5.99. The van der Waals surface area contributed by atoms with Crippen LogP contribution in [-0.2, 0) is 6.42 Å². The van der Waals surface area contributed by atoms with Gasteiger partial charge in [-0.15, -0.1) is 0 Å². The van der Waals surface area contributed by atoms with Crippen LogP contribution in [0.3, 0.4) is 0 Å². The number of rotatable bonds is 2. The van der Waals surface area contributed by atoms with Crippen molar-refractivity contribution < 1.29 is 5.11 Å². The molecule has 0 saturated heterocycles. The molecule has 0 saturated carbocycles. The van der Waals surface area contributed by atoms with E-state index < -0.39 is 6.10 Å². The first kappa shape index (κ1) is 13.6. The first-order valence-electron chi connectivity index (χ1n) is 6.92. The maximum atomic E-state index is 10.8. The molecule has 0 fully saturated rings. The number of fused-ring (bicyclic) bond motifs is 1. The monoisotopic (exact) mass is 287 g/mol. The topological polar surface area (TPSA) is 32.3 Å². The normalized spacial score (nSPS) is 19.4. The molecule has 2 unspecified atom stereocenters. The van der Waals surface area contributed by atoms with Gasteiger partial charge in [0.25, 0.3) is 0 Å². The fourth-order valence-corrected chi connectivity index (χ4v) is 3.20. The van der Waals surface area contributed by atoms with E-state index in [2.05, 4.69) is 23.5 Å². The number of aliphatic hydroxyl groups is 1. The lowest BCUT2D eigenvalue weighted by atomic mass is 9.87. The van der Waals surface area contributed by atoms with Gasteiger partial charge in [-0.25, -0.2) is 0 Å². The molecule has 3 rings (SSSR count). The highest BCUT2D eigenvalue weighted by atomic mass is 35.5. The standard InChI is InChI=1S/C17H18ClNO/c1-11-10-13(18)6-7-14(11)17(20)16-15-5-3-2-4-12(15)8-9-19-16/h2-7,10,16-17,19-20H,8-9H2,1H3. The van der Waals surface area contributed by atoms with E-state index in [9.17, 15) is 5.11 Å². The Bertz CT molecular complexity index is 626. The third kappa shape index (κ3) is 2.47. The van der Waals surface area contributed by atoms with Crippen LogP contribution in [0.25, 0.3) is 0 Å². The summed E-state index contributed by atoms with van der Waals surface area (Å²) in [6.07, 6.45) is 0.452. The van der Waals surface area contributed by atoms with Crippen molar-refractivity contribution in [2.24, 2.45) is 0 Å². The lowest BCUT2D eigenvalue weighted by Gasteiger charge is -2.31. The van der Waals surface area contributed by atoms with E-state index in [0.717, 1.165) is 24.1 Å². The summed E-state index contributed by atoms with van der Waals surface area (Å²) in [6.45, 7) is 2.88. The van der Waals surface area contributed by atoms with E-state index in [1.165, 1.54) is 11.1 Å². The van der Waals surface area contributed by atoms with E-state index in [-0.39, 0.29) is 6.04 Å². The molecule has 3 heteroatoms. The molecule has 104 valence electrons. The molecule has 1 aliphatic rings. The van der Waals surface area contributed by atoms with Gasteiger partial charge in [0.05, 0.1) is 12.1 Å². The SMILES string of the molecule is Cc1cc(Cl)ccc1C(O)C1NCCc2ccccc21. The second-order valence-electron chi connectivity index (χ2n) is 5.33. The molecule has 0 aromatic heterocycles. The minimum Gasteiger partial charge on any atom is -0.386 e. The van der Waals surface area contributed by atoms with Crippen molar-refractivity contribution in [3.8, 4) is 0 Å². The van der Waals surface area contributed by atoms with Gasteiger partial charge in [-0.3, -0.25) is 0 Å². The largest absolute Gasteiger partial charge is 0.386 e. The van der Waals surface area contributed by atoms with Gasteiger partial charge in [-0.2, -0.15) is 0 Å². The van der Waals surface area contributed by atoms with Crippen molar-refractivity contribution in [1.82, 2.24) is 5.32 Å². The van der Waals surface area contributed by atoms with Crippen LogP contribution in [0.1, 0.15) is 34.4 Å². The molecule has 2 nitrogen and oxygen atoms in total. The van der Waals surface area contributed by atoms with Gasteiger partial charge in [0.1, 0.15) is 0 Å². The summed E-state index contributed by atoms with van der Waals surface area (Å²) in [5, 5.41) is 14.9. The molecule has 0 bridgehead atoms. The van der Waals surface area contributed by atoms with E-state index in [1.54, 1.807) is 0 Å². The van der Waals surface area contributed by atoms with Crippen molar-refractivity contribution in [1.29, 1.82) is 0 Å². The van der Waals surface area contributed by atoms with Crippen molar-refractivity contribution in [2.45, 2.75) is 25.5 Å². The van der Waals surface area contributed by atoms with Crippen molar-refractivity contribution in [2.75, 3.05) is 6.54 Å². The smallest absolute Gasteiger partial charge is 0.0987 e. The molecule has 1 aliphatic heterocycles. The molecule has 2 atom stereocenters. The fraction of sp³-hybridized carbons (Fsp3) is 0.294. The van der Waals surface area contributed by atoms with Gasteiger partial charge >= 0.3 is 0 Å². The minimum atomic E-state index is -0.561. The third-order valence-electron chi connectivity index (χ3n) is 4.01. The van der Waals surface area contributed by atoms with Crippen molar-refractivity contribution in [3.63, 3.8) is 0 Å². The van der Waals surface area contributed by atoms with Crippen LogP contribution < -0.4 is 5.32 Å². The molecule has 0 amide bonds. The Morgan fingerprint density at radius 2 is 2.05 bits per heavy atom. The van der Waals surface area contributed by atoms with Gasteiger partial charge in [0.15, 0.2) is 0 Å². The average molecular weight is 288 g/mol. The summed E-state index contributed by atoms with van der Waals surface area (Å²) in [4.78, 5) is 0.